The first-order valence-corrected chi connectivity index (χ1v) is 7.95. The number of nitrogens with zero attached hydrogens (tertiary/aromatic N) is 2. The van der Waals surface area contributed by atoms with Crippen molar-refractivity contribution in [1.82, 2.24) is 9.88 Å². The Labute approximate surface area is 141 Å². The van der Waals surface area contributed by atoms with Crippen molar-refractivity contribution >= 4 is 22.7 Å². The van der Waals surface area contributed by atoms with Crippen molar-refractivity contribution in [3.63, 3.8) is 0 Å². The van der Waals surface area contributed by atoms with Crippen LogP contribution in [0.5, 0.6) is 0 Å². The number of aryl methyl sites for hydroxylation is 1. The number of fused-ring (bicyclic) bond motifs is 1. The van der Waals surface area contributed by atoms with Gasteiger partial charge in [-0.3, -0.25) is 4.79 Å². The molecule has 1 N–H and O–H groups in total. The van der Waals surface area contributed by atoms with E-state index in [1.54, 1.807) is 4.90 Å². The lowest BCUT2D eigenvalue weighted by Crippen LogP contribution is -2.38. The van der Waals surface area contributed by atoms with Crippen LogP contribution in [0.3, 0.4) is 0 Å². The molecule has 0 bridgehead atoms. The van der Waals surface area contributed by atoms with E-state index in [9.17, 15) is 4.79 Å². The Kier molecular flexibility index (Phi) is 4.51. The van der Waals surface area contributed by atoms with Crippen molar-refractivity contribution in [3.8, 4) is 0 Å². The van der Waals surface area contributed by atoms with Gasteiger partial charge in [0.15, 0.2) is 11.5 Å². The first-order valence-electron chi connectivity index (χ1n) is 7.95. The lowest BCUT2D eigenvalue weighted by Gasteiger charge is -2.23. The summed E-state index contributed by atoms with van der Waals surface area (Å²) < 4.78 is 5.47. The summed E-state index contributed by atoms with van der Waals surface area (Å²) in [6.45, 7) is 4.27. The number of hydrogen-bond acceptors (Lipinski definition) is 4. The normalized spacial score (nSPS) is 12.1. The van der Waals surface area contributed by atoms with Gasteiger partial charge in [-0.1, -0.05) is 30.3 Å². The summed E-state index contributed by atoms with van der Waals surface area (Å²) in [4.78, 5) is 18.6. The zero-order valence-electron chi connectivity index (χ0n) is 14.1. The van der Waals surface area contributed by atoms with E-state index in [2.05, 4.69) is 10.3 Å². The van der Waals surface area contributed by atoms with Crippen LogP contribution in [0, 0.1) is 6.92 Å². The van der Waals surface area contributed by atoms with Crippen molar-refractivity contribution < 1.29 is 9.21 Å². The molecule has 5 heteroatoms. The summed E-state index contributed by atoms with van der Waals surface area (Å²) in [5.74, 6) is 0.671. The van der Waals surface area contributed by atoms with Gasteiger partial charge < -0.3 is 14.6 Å². The topological polar surface area (TPSA) is 58.4 Å². The number of hydrogen-bond donors (Lipinski definition) is 1. The van der Waals surface area contributed by atoms with Crippen LogP contribution in [0.1, 0.15) is 18.4 Å². The van der Waals surface area contributed by atoms with Crippen molar-refractivity contribution in [3.05, 3.63) is 60.0 Å². The van der Waals surface area contributed by atoms with E-state index in [0.29, 0.717) is 12.4 Å². The minimum Gasteiger partial charge on any atom is -0.441 e. The highest BCUT2D eigenvalue weighted by atomic mass is 16.3. The summed E-state index contributed by atoms with van der Waals surface area (Å²) >= 11 is 0. The lowest BCUT2D eigenvalue weighted by atomic mass is 10.2. The molecule has 3 rings (SSSR count). The Morgan fingerprint density at radius 2 is 2.00 bits per heavy atom. The van der Waals surface area contributed by atoms with Crippen LogP contribution < -0.4 is 5.32 Å². The predicted octanol–water partition coefficient (Wildman–Crippen LogP) is 3.60. The lowest BCUT2D eigenvalue weighted by molar-refractivity contribution is -0.130. The number of aromatic nitrogens is 1. The first-order chi connectivity index (χ1) is 11.5. The molecule has 24 heavy (non-hydrogen) atoms. The molecule has 124 valence electrons. The van der Waals surface area contributed by atoms with Gasteiger partial charge >= 0.3 is 0 Å². The van der Waals surface area contributed by atoms with E-state index < -0.39 is 0 Å². The van der Waals surface area contributed by atoms with Gasteiger partial charge in [-0.15, -0.1) is 0 Å². The maximum atomic E-state index is 12.5. The Morgan fingerprint density at radius 3 is 2.75 bits per heavy atom. The standard InChI is InChI=1S/C19H21N3O2/c1-13(19(23)22(3)12-15-7-5-4-6-8-15)20-16-9-10-18-17(11-16)21-14(2)24-18/h4-11,13,20H,12H2,1-3H3. The van der Waals surface area contributed by atoms with E-state index in [0.717, 1.165) is 22.4 Å². The second kappa shape index (κ2) is 6.74. The second-order valence-electron chi connectivity index (χ2n) is 5.96. The predicted molar refractivity (Wildman–Crippen MR) is 94.7 cm³/mol. The number of carbonyl (C=O) groups excluding carboxylic acids is 1. The molecule has 0 spiro atoms. The number of benzene rings is 2. The third-order valence-electron chi connectivity index (χ3n) is 3.89. The molecular weight excluding hydrogens is 302 g/mol. The van der Waals surface area contributed by atoms with Gasteiger partial charge in [-0.2, -0.15) is 0 Å². The molecule has 1 heterocycles. The van der Waals surface area contributed by atoms with E-state index in [1.165, 1.54) is 0 Å². The van der Waals surface area contributed by atoms with E-state index in [-0.39, 0.29) is 11.9 Å². The van der Waals surface area contributed by atoms with Gasteiger partial charge in [0.05, 0.1) is 0 Å². The molecule has 0 saturated carbocycles. The van der Waals surface area contributed by atoms with Gasteiger partial charge in [-0.25, -0.2) is 4.98 Å². The second-order valence-corrected chi connectivity index (χ2v) is 5.96. The fourth-order valence-corrected chi connectivity index (χ4v) is 2.71. The van der Waals surface area contributed by atoms with Gasteiger partial charge in [-0.05, 0) is 30.7 Å². The van der Waals surface area contributed by atoms with Crippen LogP contribution in [0.25, 0.3) is 11.1 Å². The maximum Gasteiger partial charge on any atom is 0.244 e. The Morgan fingerprint density at radius 1 is 1.25 bits per heavy atom. The molecule has 3 aromatic rings. The molecular formula is C19H21N3O2. The van der Waals surface area contributed by atoms with E-state index >= 15 is 0 Å². The Balaban J connectivity index is 1.66. The van der Waals surface area contributed by atoms with Gasteiger partial charge in [0.2, 0.25) is 5.91 Å². The molecule has 1 atom stereocenters. The number of amides is 1. The van der Waals surface area contributed by atoms with Crippen molar-refractivity contribution in [2.24, 2.45) is 0 Å². The van der Waals surface area contributed by atoms with E-state index in [4.69, 9.17) is 4.42 Å². The minimum absolute atomic E-state index is 0.0373. The fraction of sp³-hybridized carbons (Fsp3) is 0.263. The minimum atomic E-state index is -0.329. The summed E-state index contributed by atoms with van der Waals surface area (Å²) in [7, 11) is 1.82. The van der Waals surface area contributed by atoms with Crippen LogP contribution in [-0.4, -0.2) is 28.9 Å². The van der Waals surface area contributed by atoms with Crippen molar-refractivity contribution in [2.45, 2.75) is 26.4 Å². The van der Waals surface area contributed by atoms with Crippen LogP contribution in [0.15, 0.2) is 52.9 Å². The molecule has 0 aliphatic rings. The summed E-state index contributed by atoms with van der Waals surface area (Å²) in [5, 5.41) is 3.24. The number of oxazole rings is 1. The van der Waals surface area contributed by atoms with Crippen molar-refractivity contribution in [2.75, 3.05) is 12.4 Å². The SMILES string of the molecule is Cc1nc2cc(NC(C)C(=O)N(C)Cc3ccccc3)ccc2o1. The number of carbonyl (C=O) groups is 1. The van der Waals surface area contributed by atoms with Crippen LogP contribution >= 0.6 is 0 Å². The summed E-state index contributed by atoms with van der Waals surface area (Å²) in [6, 6.07) is 15.3. The smallest absolute Gasteiger partial charge is 0.244 e. The molecule has 1 aromatic heterocycles. The number of anilines is 1. The maximum absolute atomic E-state index is 12.5. The quantitative estimate of drug-likeness (QED) is 0.779. The molecule has 0 aliphatic heterocycles. The highest BCUT2D eigenvalue weighted by molar-refractivity contribution is 5.85. The third kappa shape index (κ3) is 3.56. The first kappa shape index (κ1) is 16.1. The average molecular weight is 323 g/mol. The highest BCUT2D eigenvalue weighted by Gasteiger charge is 2.18. The molecule has 5 nitrogen and oxygen atoms in total. The average Bonchev–Trinajstić information content (AvgIpc) is 2.94. The molecule has 0 aliphatic carbocycles. The number of rotatable bonds is 5. The van der Waals surface area contributed by atoms with Gasteiger partial charge in [0.1, 0.15) is 11.6 Å². The molecule has 0 saturated heterocycles. The molecule has 2 aromatic carbocycles. The van der Waals surface area contributed by atoms with Gasteiger partial charge in [0, 0.05) is 26.2 Å². The van der Waals surface area contributed by atoms with Gasteiger partial charge in [0.25, 0.3) is 0 Å². The molecule has 0 radical (unpaired) electrons. The number of nitrogens with one attached hydrogen (secondary N) is 1. The fourth-order valence-electron chi connectivity index (χ4n) is 2.71. The molecule has 0 fully saturated rings. The largest absolute Gasteiger partial charge is 0.441 e. The Hall–Kier alpha value is -2.82. The molecule has 1 amide bonds. The third-order valence-corrected chi connectivity index (χ3v) is 3.89. The van der Waals surface area contributed by atoms with Crippen LogP contribution in [0.4, 0.5) is 5.69 Å². The van der Waals surface area contributed by atoms with Crippen molar-refractivity contribution in [1.29, 1.82) is 0 Å². The Bertz CT molecular complexity index is 842. The highest BCUT2D eigenvalue weighted by Crippen LogP contribution is 2.20. The summed E-state index contributed by atoms with van der Waals surface area (Å²) in [6.07, 6.45) is 0. The zero-order valence-corrected chi connectivity index (χ0v) is 14.1. The van der Waals surface area contributed by atoms with Crippen LogP contribution in [0.2, 0.25) is 0 Å². The zero-order chi connectivity index (χ0) is 17.1. The summed E-state index contributed by atoms with van der Waals surface area (Å²) in [5.41, 5.74) is 3.50. The van der Waals surface area contributed by atoms with Crippen LogP contribution in [-0.2, 0) is 11.3 Å². The monoisotopic (exact) mass is 323 g/mol. The molecule has 1 unspecified atom stereocenters. The van der Waals surface area contributed by atoms with E-state index in [1.807, 2.05) is 69.4 Å². The number of likely N-dealkylation sites (N-methyl/N-ethyl adjacent to an activating group) is 1.